The fraction of sp³-hybridized carbons (Fsp3) is 0.393. The number of carbonyl (C=O) groups excluding carboxylic acids is 2. The Bertz CT molecular complexity index is 1160. The van der Waals surface area contributed by atoms with Crippen LogP contribution in [0.5, 0.6) is 0 Å². The Morgan fingerprint density at radius 2 is 2.00 bits per heavy atom. The summed E-state index contributed by atoms with van der Waals surface area (Å²) in [6, 6.07) is 2.14. The summed E-state index contributed by atoms with van der Waals surface area (Å²) >= 11 is 0. The Balaban J connectivity index is 1.39. The first-order valence-corrected chi connectivity index (χ1v) is 12.4. The molecule has 0 aromatic carbocycles. The van der Waals surface area contributed by atoms with E-state index in [1.165, 1.54) is 5.57 Å². The molecule has 1 aliphatic heterocycles. The fourth-order valence-corrected chi connectivity index (χ4v) is 4.67. The minimum Gasteiger partial charge on any atom is -0.394 e. The molecule has 4 N–H and O–H groups in total. The summed E-state index contributed by atoms with van der Waals surface area (Å²) < 4.78 is 0. The molecule has 184 valence electrons. The van der Waals surface area contributed by atoms with Crippen LogP contribution in [0.15, 0.2) is 71.1 Å². The maximum atomic E-state index is 12.9. The third-order valence-electron chi connectivity index (χ3n) is 6.86. The Labute approximate surface area is 207 Å². The predicted molar refractivity (Wildman–Crippen MR) is 141 cm³/mol. The lowest BCUT2D eigenvalue weighted by Gasteiger charge is -2.20. The Morgan fingerprint density at radius 3 is 2.69 bits per heavy atom. The molecule has 35 heavy (non-hydrogen) atoms. The monoisotopic (exact) mass is 473 g/mol. The highest BCUT2D eigenvalue weighted by Gasteiger charge is 2.22. The highest BCUT2D eigenvalue weighted by atomic mass is 16.2. The number of anilines is 2. The van der Waals surface area contributed by atoms with Crippen LogP contribution < -0.4 is 16.4 Å². The number of likely N-dealkylation sites (tertiary alicyclic amines) is 1. The van der Waals surface area contributed by atoms with Crippen LogP contribution in [-0.2, 0) is 9.59 Å². The van der Waals surface area contributed by atoms with Crippen molar-refractivity contribution in [2.24, 2.45) is 11.7 Å². The lowest BCUT2D eigenvalue weighted by atomic mass is 9.89. The first kappa shape index (κ1) is 24.7. The van der Waals surface area contributed by atoms with Crippen LogP contribution in [0.2, 0.25) is 0 Å². The minimum absolute atomic E-state index is 0.0874. The van der Waals surface area contributed by atoms with Gasteiger partial charge in [-0.2, -0.15) is 0 Å². The number of hydrogen-bond donors (Lipinski definition) is 3. The molecule has 0 spiro atoms. The molecular weight excluding hydrogens is 438 g/mol. The van der Waals surface area contributed by atoms with Crippen molar-refractivity contribution in [2.45, 2.75) is 52.5 Å². The van der Waals surface area contributed by atoms with Crippen LogP contribution >= 0.6 is 0 Å². The highest BCUT2D eigenvalue weighted by molar-refractivity contribution is 6.04. The van der Waals surface area contributed by atoms with E-state index < -0.39 is 0 Å². The zero-order valence-electron chi connectivity index (χ0n) is 20.8. The van der Waals surface area contributed by atoms with Crippen molar-refractivity contribution in [3.8, 4) is 0 Å². The van der Waals surface area contributed by atoms with Gasteiger partial charge in [0.15, 0.2) is 0 Å². The van der Waals surface area contributed by atoms with Crippen molar-refractivity contribution in [1.82, 2.24) is 9.88 Å². The van der Waals surface area contributed by atoms with E-state index in [0.29, 0.717) is 42.0 Å². The average molecular weight is 474 g/mol. The van der Waals surface area contributed by atoms with Gasteiger partial charge < -0.3 is 16.4 Å². The fourth-order valence-electron chi connectivity index (χ4n) is 4.67. The molecule has 2 heterocycles. The number of pyridine rings is 1. The van der Waals surface area contributed by atoms with Crippen LogP contribution in [0.3, 0.4) is 0 Å². The molecule has 1 fully saturated rings. The summed E-state index contributed by atoms with van der Waals surface area (Å²) in [6.07, 6.45) is 18.1. The standard InChI is InChI=1S/C28H35N5O2/c1-18-6-4-8-23(14-18)21-9-11-22(12-10-21)27(29)28(35)32-25-15-24(16-30-20(25)3)31-26(34)17-33-13-5-7-19(33)2/h4,8-11,14-16,18-19H,5-7,12-13,17,29H2,1-3H3,(H,31,34)(H,32,35)/b27-22-/t18?,19-/m0/s1. The number of hydrogen-bond acceptors (Lipinski definition) is 5. The zero-order chi connectivity index (χ0) is 24.9. The molecule has 1 aromatic heterocycles. The van der Waals surface area contributed by atoms with Gasteiger partial charge in [0.25, 0.3) is 5.91 Å². The van der Waals surface area contributed by atoms with Gasteiger partial charge >= 0.3 is 0 Å². The molecule has 2 aliphatic carbocycles. The molecule has 0 radical (unpaired) electrons. The molecule has 1 aromatic rings. The van der Waals surface area contributed by atoms with Crippen molar-refractivity contribution < 1.29 is 9.59 Å². The number of rotatable bonds is 6. The van der Waals surface area contributed by atoms with E-state index in [2.05, 4.69) is 58.7 Å². The van der Waals surface area contributed by atoms with Gasteiger partial charge in [0.2, 0.25) is 5.91 Å². The smallest absolute Gasteiger partial charge is 0.271 e. The van der Waals surface area contributed by atoms with E-state index in [-0.39, 0.29) is 17.5 Å². The van der Waals surface area contributed by atoms with Gasteiger partial charge in [0, 0.05) is 6.04 Å². The van der Waals surface area contributed by atoms with Crippen LogP contribution in [-0.4, -0.2) is 40.8 Å². The number of nitrogens with zero attached hydrogens (tertiary/aromatic N) is 2. The average Bonchev–Trinajstić information content (AvgIpc) is 3.24. The Hall–Kier alpha value is -3.45. The Morgan fingerprint density at radius 1 is 1.17 bits per heavy atom. The quantitative estimate of drug-likeness (QED) is 0.533. The van der Waals surface area contributed by atoms with Crippen molar-refractivity contribution in [1.29, 1.82) is 0 Å². The SMILES string of the molecule is Cc1ncc(NC(=O)CN2CCC[C@@H]2C)cc1NC(=O)/C(N)=C1\C=CC(C2=CC(C)CC=C2)=CC1. The van der Waals surface area contributed by atoms with E-state index in [1.54, 1.807) is 19.2 Å². The summed E-state index contributed by atoms with van der Waals surface area (Å²) in [5.74, 6) is 0.0556. The van der Waals surface area contributed by atoms with Gasteiger partial charge in [0.1, 0.15) is 5.70 Å². The molecule has 1 saturated heterocycles. The van der Waals surface area contributed by atoms with Crippen LogP contribution in [0, 0.1) is 12.8 Å². The van der Waals surface area contributed by atoms with Crippen molar-refractivity contribution in [3.05, 3.63) is 76.8 Å². The summed E-state index contributed by atoms with van der Waals surface area (Å²) in [5.41, 5.74) is 11.2. The van der Waals surface area contributed by atoms with Crippen LogP contribution in [0.25, 0.3) is 0 Å². The van der Waals surface area contributed by atoms with E-state index in [1.807, 2.05) is 12.2 Å². The van der Waals surface area contributed by atoms with Gasteiger partial charge in [0.05, 0.1) is 29.8 Å². The molecule has 3 aliphatic rings. The van der Waals surface area contributed by atoms with Gasteiger partial charge in [-0.3, -0.25) is 19.5 Å². The largest absolute Gasteiger partial charge is 0.394 e. The van der Waals surface area contributed by atoms with Gasteiger partial charge in [-0.15, -0.1) is 0 Å². The molecule has 1 unspecified atom stereocenters. The lowest BCUT2D eigenvalue weighted by molar-refractivity contribution is -0.117. The van der Waals surface area contributed by atoms with E-state index in [9.17, 15) is 9.59 Å². The second-order valence-corrected chi connectivity index (χ2v) is 9.69. The first-order valence-electron chi connectivity index (χ1n) is 12.4. The molecule has 0 saturated carbocycles. The molecule has 0 bridgehead atoms. The zero-order valence-corrected chi connectivity index (χ0v) is 20.8. The van der Waals surface area contributed by atoms with Gasteiger partial charge in [-0.25, -0.2) is 0 Å². The molecular formula is C28H35N5O2. The molecule has 7 nitrogen and oxygen atoms in total. The number of nitrogens with two attached hydrogens (primary N) is 1. The molecule has 2 atom stereocenters. The van der Waals surface area contributed by atoms with Gasteiger partial charge in [-0.05, 0) is 74.8 Å². The van der Waals surface area contributed by atoms with E-state index in [4.69, 9.17) is 5.73 Å². The van der Waals surface area contributed by atoms with Crippen molar-refractivity contribution in [2.75, 3.05) is 23.7 Å². The molecule has 7 heteroatoms. The maximum Gasteiger partial charge on any atom is 0.271 e. The number of allylic oxidation sites excluding steroid dienone is 9. The summed E-state index contributed by atoms with van der Waals surface area (Å²) in [4.78, 5) is 31.9. The molecule has 4 rings (SSSR count). The van der Waals surface area contributed by atoms with Gasteiger partial charge in [-0.1, -0.05) is 43.4 Å². The second kappa shape index (κ2) is 10.9. The third-order valence-corrected chi connectivity index (χ3v) is 6.86. The Kier molecular flexibility index (Phi) is 7.66. The second-order valence-electron chi connectivity index (χ2n) is 9.69. The summed E-state index contributed by atoms with van der Waals surface area (Å²) in [7, 11) is 0. The minimum atomic E-state index is -0.383. The number of nitrogens with one attached hydrogen (secondary N) is 2. The maximum absolute atomic E-state index is 12.9. The highest BCUT2D eigenvalue weighted by Crippen LogP contribution is 2.28. The van der Waals surface area contributed by atoms with E-state index >= 15 is 0 Å². The first-order chi connectivity index (χ1) is 16.8. The number of amides is 2. The lowest BCUT2D eigenvalue weighted by Crippen LogP contribution is -2.35. The van der Waals surface area contributed by atoms with Crippen LogP contribution in [0.4, 0.5) is 11.4 Å². The number of carbonyl (C=O) groups is 2. The third kappa shape index (κ3) is 6.17. The van der Waals surface area contributed by atoms with Crippen molar-refractivity contribution >= 4 is 23.2 Å². The predicted octanol–water partition coefficient (Wildman–Crippen LogP) is 4.37. The van der Waals surface area contributed by atoms with E-state index in [0.717, 1.165) is 37.0 Å². The van der Waals surface area contributed by atoms with Crippen molar-refractivity contribution in [3.63, 3.8) is 0 Å². The number of aromatic nitrogens is 1. The molecule has 2 amide bonds. The van der Waals surface area contributed by atoms with Crippen LogP contribution in [0.1, 0.15) is 45.2 Å². The number of aryl methyl sites for hydroxylation is 1. The summed E-state index contributed by atoms with van der Waals surface area (Å²) in [5, 5.41) is 5.75. The topological polar surface area (TPSA) is 100 Å². The normalized spacial score (nSPS) is 23.5. The summed E-state index contributed by atoms with van der Waals surface area (Å²) in [6.45, 7) is 7.44.